The standard InChI is InChI=1S/C21H15F3N4O2/c22-21(23,24)15-5-1-2-6-16(15)28(20(26)29)13-10-8-12(9-11-13)14-4-3-7-17-18(14)19(25)27-30-17/h1-11H,(H2,25,27)(H2,26,29). The second-order valence-corrected chi connectivity index (χ2v) is 6.48. The minimum absolute atomic E-state index is 0.188. The van der Waals surface area contributed by atoms with E-state index >= 15 is 0 Å². The van der Waals surface area contributed by atoms with Crippen molar-refractivity contribution in [3.8, 4) is 11.1 Å². The molecule has 3 aromatic carbocycles. The second kappa shape index (κ2) is 7.11. The molecule has 0 bridgehead atoms. The summed E-state index contributed by atoms with van der Waals surface area (Å²) in [6, 6.07) is 15.3. The molecule has 0 saturated carbocycles. The molecule has 0 aliphatic rings. The van der Waals surface area contributed by atoms with Gasteiger partial charge in [0.2, 0.25) is 0 Å². The summed E-state index contributed by atoms with van der Waals surface area (Å²) in [7, 11) is 0. The normalized spacial score (nSPS) is 11.6. The van der Waals surface area contributed by atoms with Gasteiger partial charge in [0.15, 0.2) is 11.4 Å². The first-order valence-electron chi connectivity index (χ1n) is 8.77. The lowest BCUT2D eigenvalue weighted by atomic mass is 10.0. The predicted octanol–water partition coefficient (Wildman–Crippen LogP) is 5.31. The number of halogens is 3. The van der Waals surface area contributed by atoms with Gasteiger partial charge in [0.1, 0.15) is 0 Å². The minimum Gasteiger partial charge on any atom is -0.380 e. The first kappa shape index (κ1) is 19.3. The summed E-state index contributed by atoms with van der Waals surface area (Å²) in [5.74, 6) is 0.225. The maximum atomic E-state index is 13.4. The third-order valence-electron chi connectivity index (χ3n) is 4.63. The van der Waals surface area contributed by atoms with Gasteiger partial charge in [-0.1, -0.05) is 41.6 Å². The number of anilines is 3. The van der Waals surface area contributed by atoms with Crippen molar-refractivity contribution < 1.29 is 22.5 Å². The third kappa shape index (κ3) is 3.30. The van der Waals surface area contributed by atoms with Crippen molar-refractivity contribution in [3.63, 3.8) is 0 Å². The lowest BCUT2D eigenvalue weighted by molar-refractivity contribution is -0.137. The number of nitrogen functional groups attached to an aromatic ring is 1. The fraction of sp³-hybridized carbons (Fsp3) is 0.0476. The number of nitrogens with two attached hydrogens (primary N) is 2. The van der Waals surface area contributed by atoms with Crippen LogP contribution in [0.5, 0.6) is 0 Å². The summed E-state index contributed by atoms with van der Waals surface area (Å²) in [5, 5.41) is 4.37. The Balaban J connectivity index is 1.79. The quantitative estimate of drug-likeness (QED) is 0.476. The van der Waals surface area contributed by atoms with Crippen LogP contribution in [0, 0.1) is 0 Å². The molecule has 4 rings (SSSR count). The molecule has 0 spiro atoms. The molecule has 6 nitrogen and oxygen atoms in total. The highest BCUT2D eigenvalue weighted by Gasteiger charge is 2.36. The number of carbonyl (C=O) groups excluding carboxylic acids is 1. The van der Waals surface area contributed by atoms with Crippen molar-refractivity contribution in [2.45, 2.75) is 6.18 Å². The van der Waals surface area contributed by atoms with Gasteiger partial charge in [-0.2, -0.15) is 13.2 Å². The summed E-state index contributed by atoms with van der Waals surface area (Å²) in [5.41, 5.74) is 12.1. The van der Waals surface area contributed by atoms with Gasteiger partial charge in [0.25, 0.3) is 0 Å². The highest BCUT2D eigenvalue weighted by atomic mass is 19.4. The maximum absolute atomic E-state index is 13.4. The minimum atomic E-state index is -4.65. The second-order valence-electron chi connectivity index (χ2n) is 6.48. The van der Waals surface area contributed by atoms with Gasteiger partial charge >= 0.3 is 12.2 Å². The number of hydrogen-bond acceptors (Lipinski definition) is 4. The average Bonchev–Trinajstić information content (AvgIpc) is 3.09. The van der Waals surface area contributed by atoms with Crippen LogP contribution >= 0.6 is 0 Å². The predicted molar refractivity (Wildman–Crippen MR) is 107 cm³/mol. The van der Waals surface area contributed by atoms with Crippen molar-refractivity contribution >= 4 is 34.2 Å². The molecule has 0 radical (unpaired) electrons. The van der Waals surface area contributed by atoms with E-state index in [-0.39, 0.29) is 17.2 Å². The SMILES string of the molecule is NC(=O)N(c1ccc(-c2cccc3onc(N)c23)cc1)c1ccccc1C(F)(F)F. The zero-order valence-electron chi connectivity index (χ0n) is 15.4. The zero-order chi connectivity index (χ0) is 21.5. The van der Waals surface area contributed by atoms with E-state index in [2.05, 4.69) is 5.16 Å². The summed E-state index contributed by atoms with van der Waals surface area (Å²) in [6.45, 7) is 0. The lowest BCUT2D eigenvalue weighted by Crippen LogP contribution is -2.33. The number of benzene rings is 3. The summed E-state index contributed by atoms with van der Waals surface area (Å²) >= 11 is 0. The molecule has 4 N–H and O–H groups in total. The lowest BCUT2D eigenvalue weighted by Gasteiger charge is -2.24. The Hall–Kier alpha value is -4.01. The number of alkyl halides is 3. The highest BCUT2D eigenvalue weighted by molar-refractivity contribution is 6.02. The molecule has 0 saturated heterocycles. The molecule has 1 heterocycles. The Labute approximate surface area is 168 Å². The van der Waals surface area contributed by atoms with E-state index < -0.39 is 17.8 Å². The smallest absolute Gasteiger partial charge is 0.380 e. The zero-order valence-corrected chi connectivity index (χ0v) is 15.4. The molecule has 30 heavy (non-hydrogen) atoms. The van der Waals surface area contributed by atoms with Crippen LogP contribution in [0.1, 0.15) is 5.56 Å². The molecule has 0 atom stereocenters. The van der Waals surface area contributed by atoms with E-state index in [4.69, 9.17) is 16.0 Å². The number of nitrogens with zero attached hydrogens (tertiary/aromatic N) is 2. The average molecular weight is 412 g/mol. The Morgan fingerprint density at radius 3 is 2.33 bits per heavy atom. The summed E-state index contributed by atoms with van der Waals surface area (Å²) < 4.78 is 45.4. The van der Waals surface area contributed by atoms with Crippen molar-refractivity contribution in [2.75, 3.05) is 10.6 Å². The molecule has 152 valence electrons. The number of fused-ring (bicyclic) bond motifs is 1. The number of primary amides is 1. The van der Waals surface area contributed by atoms with Crippen LogP contribution in [-0.4, -0.2) is 11.2 Å². The largest absolute Gasteiger partial charge is 0.418 e. The van der Waals surface area contributed by atoms with Crippen LogP contribution in [0.4, 0.5) is 35.2 Å². The van der Waals surface area contributed by atoms with Crippen molar-refractivity contribution in [1.82, 2.24) is 5.16 Å². The molecule has 4 aromatic rings. The van der Waals surface area contributed by atoms with E-state index in [0.717, 1.165) is 16.5 Å². The first-order chi connectivity index (χ1) is 14.3. The van der Waals surface area contributed by atoms with Crippen molar-refractivity contribution in [2.24, 2.45) is 5.73 Å². The fourth-order valence-corrected chi connectivity index (χ4v) is 3.34. The topological polar surface area (TPSA) is 98.4 Å². The molecular formula is C21H15F3N4O2. The van der Waals surface area contributed by atoms with Crippen LogP contribution in [-0.2, 0) is 6.18 Å². The van der Waals surface area contributed by atoms with E-state index in [1.54, 1.807) is 24.3 Å². The van der Waals surface area contributed by atoms with E-state index in [0.29, 0.717) is 16.5 Å². The molecule has 1 aromatic heterocycles. The maximum Gasteiger partial charge on any atom is 0.418 e. The van der Waals surface area contributed by atoms with Gasteiger partial charge in [-0.25, -0.2) is 4.79 Å². The fourth-order valence-electron chi connectivity index (χ4n) is 3.34. The van der Waals surface area contributed by atoms with Gasteiger partial charge in [0.05, 0.1) is 22.3 Å². The Kier molecular flexibility index (Phi) is 4.57. The molecule has 0 unspecified atom stereocenters. The van der Waals surface area contributed by atoms with Gasteiger partial charge in [-0.15, -0.1) is 0 Å². The van der Waals surface area contributed by atoms with Gasteiger partial charge in [0, 0.05) is 0 Å². The Morgan fingerprint density at radius 2 is 1.67 bits per heavy atom. The van der Waals surface area contributed by atoms with E-state index in [1.165, 1.54) is 30.3 Å². The van der Waals surface area contributed by atoms with Gasteiger partial charge < -0.3 is 16.0 Å². The number of amides is 2. The molecular weight excluding hydrogens is 397 g/mol. The monoisotopic (exact) mass is 412 g/mol. The van der Waals surface area contributed by atoms with Crippen LogP contribution in [0.3, 0.4) is 0 Å². The Bertz CT molecular complexity index is 1230. The third-order valence-corrected chi connectivity index (χ3v) is 4.63. The number of urea groups is 1. The molecule has 0 aliphatic heterocycles. The van der Waals surface area contributed by atoms with E-state index in [1.807, 2.05) is 6.07 Å². The van der Waals surface area contributed by atoms with Crippen LogP contribution in [0.2, 0.25) is 0 Å². The van der Waals surface area contributed by atoms with Gasteiger partial charge in [-0.05, 0) is 41.5 Å². The van der Waals surface area contributed by atoms with Crippen LogP contribution in [0.25, 0.3) is 22.1 Å². The number of rotatable bonds is 3. The molecule has 9 heteroatoms. The Morgan fingerprint density at radius 1 is 0.967 bits per heavy atom. The summed E-state index contributed by atoms with van der Waals surface area (Å²) in [6.07, 6.45) is -4.65. The molecule has 0 fully saturated rings. The van der Waals surface area contributed by atoms with Crippen LogP contribution in [0.15, 0.2) is 71.3 Å². The molecule has 2 amide bonds. The van der Waals surface area contributed by atoms with E-state index in [9.17, 15) is 18.0 Å². The number of carbonyl (C=O) groups is 1. The van der Waals surface area contributed by atoms with Crippen LogP contribution < -0.4 is 16.4 Å². The summed E-state index contributed by atoms with van der Waals surface area (Å²) in [4.78, 5) is 12.9. The van der Waals surface area contributed by atoms with Gasteiger partial charge in [-0.3, -0.25) is 4.90 Å². The van der Waals surface area contributed by atoms with Crippen molar-refractivity contribution in [1.29, 1.82) is 0 Å². The van der Waals surface area contributed by atoms with Crippen molar-refractivity contribution in [3.05, 3.63) is 72.3 Å². The number of hydrogen-bond donors (Lipinski definition) is 2. The first-order valence-corrected chi connectivity index (χ1v) is 8.77. The molecule has 0 aliphatic carbocycles. The number of para-hydroxylation sites is 1. The highest BCUT2D eigenvalue weighted by Crippen LogP contribution is 2.40. The number of aromatic nitrogens is 1.